The number of pyridine rings is 1. The molecule has 2 aromatic carbocycles. The van der Waals surface area contributed by atoms with Crippen LogP contribution < -0.4 is 20.3 Å². The number of piperidine rings is 4. The van der Waals surface area contributed by atoms with Gasteiger partial charge < -0.3 is 20.0 Å². The summed E-state index contributed by atoms with van der Waals surface area (Å²) < 4.78 is 43.7. The lowest BCUT2D eigenvalue weighted by Crippen LogP contribution is -2.46. The van der Waals surface area contributed by atoms with Crippen LogP contribution in [0.3, 0.4) is 0 Å². The average Bonchev–Trinajstić information content (AvgIpc) is 3.82. The Morgan fingerprint density at radius 1 is 0.859 bits per heavy atom. The molecule has 18 heteroatoms. The second-order valence-electron chi connectivity index (χ2n) is 20.6. The Morgan fingerprint density at radius 2 is 1.59 bits per heavy atom. The Hall–Kier alpha value is -5.85. The Morgan fingerprint density at radius 3 is 2.27 bits per heavy atom. The predicted octanol–water partition coefficient (Wildman–Crippen LogP) is 8.85. The highest BCUT2D eigenvalue weighted by atomic mass is 32.2. The smallest absolute Gasteiger partial charge is 0.234 e. The second-order valence-corrected chi connectivity index (χ2v) is 23.4. The largest absolute Gasteiger partial charge is 0.357 e. The molecule has 0 radical (unpaired) electrons. The van der Waals surface area contributed by atoms with Crippen molar-refractivity contribution in [1.29, 1.82) is 0 Å². The molecule has 15 nitrogen and oxygen atoms in total. The van der Waals surface area contributed by atoms with Crippen LogP contribution in [0, 0.1) is 17.7 Å². The van der Waals surface area contributed by atoms with Gasteiger partial charge in [-0.2, -0.15) is 0 Å². The first-order valence-corrected chi connectivity index (χ1v) is 27.6. The van der Waals surface area contributed by atoms with E-state index in [0.29, 0.717) is 59.2 Å². The molecule has 3 amide bonds. The number of nitrogens with one attached hydrogen (secondary N) is 3. The predicted molar refractivity (Wildman–Crippen MR) is 277 cm³/mol. The van der Waals surface area contributed by atoms with Gasteiger partial charge >= 0.3 is 0 Å². The van der Waals surface area contributed by atoms with Gasteiger partial charge in [-0.25, -0.2) is 32.7 Å². The van der Waals surface area contributed by atoms with E-state index >= 15 is 4.39 Å². The number of thiazole rings is 1. The van der Waals surface area contributed by atoms with E-state index < -0.39 is 15.8 Å². The highest BCUT2D eigenvalue weighted by Gasteiger charge is 2.34. The molecule has 0 aliphatic carbocycles. The quantitative estimate of drug-likeness (QED) is 0.0901. The molecule has 1 atom stereocenters. The molecule has 71 heavy (non-hydrogen) atoms. The van der Waals surface area contributed by atoms with Gasteiger partial charge in [-0.15, -0.1) is 11.3 Å². The van der Waals surface area contributed by atoms with Crippen LogP contribution in [-0.2, 0) is 29.8 Å². The molecule has 4 aliphatic heterocycles. The Labute approximate surface area is 420 Å². The minimum absolute atomic E-state index is 0.0827. The van der Waals surface area contributed by atoms with Crippen molar-refractivity contribution in [3.05, 3.63) is 95.0 Å². The van der Waals surface area contributed by atoms with E-state index in [1.165, 1.54) is 23.0 Å². The first kappa shape index (κ1) is 50.1. The maximum Gasteiger partial charge on any atom is 0.234 e. The third kappa shape index (κ3) is 11.9. The summed E-state index contributed by atoms with van der Waals surface area (Å²) in [4.78, 5) is 64.2. The maximum atomic E-state index is 16.1. The highest BCUT2D eigenvalue weighted by Crippen LogP contribution is 2.42. The molecule has 3 aromatic heterocycles. The van der Waals surface area contributed by atoms with Crippen molar-refractivity contribution in [2.75, 3.05) is 66.5 Å². The van der Waals surface area contributed by atoms with Crippen LogP contribution in [-0.4, -0.2) is 107 Å². The number of hydrogen-bond acceptors (Lipinski definition) is 13. The average molecular weight is 1010 g/mol. The number of sulfonamides is 1. The van der Waals surface area contributed by atoms with E-state index in [1.54, 1.807) is 37.5 Å². The maximum absolute atomic E-state index is 16.1. The van der Waals surface area contributed by atoms with Crippen LogP contribution in [0.25, 0.3) is 21.8 Å². The molecule has 0 saturated carbocycles. The van der Waals surface area contributed by atoms with E-state index in [0.717, 1.165) is 106 Å². The number of carbonyl (C=O) groups excluding carboxylic acids is 3. The molecule has 4 saturated heterocycles. The van der Waals surface area contributed by atoms with Gasteiger partial charge in [0.2, 0.25) is 33.7 Å². The number of aromatic nitrogens is 4. The molecule has 5 aromatic rings. The molecule has 9 rings (SSSR count). The highest BCUT2D eigenvalue weighted by molar-refractivity contribution is 7.92. The number of likely N-dealkylation sites (tertiary alicyclic amines) is 2. The van der Waals surface area contributed by atoms with Gasteiger partial charge in [-0.3, -0.25) is 24.4 Å². The number of carbonyl (C=O) groups is 3. The number of imide groups is 1. The lowest BCUT2D eigenvalue weighted by Gasteiger charge is -2.39. The lowest BCUT2D eigenvalue weighted by atomic mass is 9.87. The van der Waals surface area contributed by atoms with E-state index in [-0.39, 0.29) is 46.1 Å². The third-order valence-electron chi connectivity index (χ3n) is 14.4. The summed E-state index contributed by atoms with van der Waals surface area (Å²) in [5, 5.41) is 6.56. The standard InChI is InChI=1S/C53H65FN10O5S2/c1-5-31-71(68,69)61-42-8-6-7-41(46(42)54)47-48(70-51(60-47)53(2,3)4)43-17-24-55-52(58-43)57-39-12-9-35(10-13-39)36-22-29-64(30-23-36)50(67)37-20-25-62(26-21-37)33-34-18-27-63(28-19-34)44-15-11-38(32-56-44)40-14-16-45(65)59-49(40)66/h6-13,15,17,24,32,34,36-37,40,61H,5,14,16,18-23,25-31,33H2,1-4H3,(H,55,57,58)(H,59,65,66)/t40-/m1/s1. The first-order chi connectivity index (χ1) is 34.1. The molecule has 0 unspecified atom stereocenters. The summed E-state index contributed by atoms with van der Waals surface area (Å²) in [7, 11) is -3.72. The number of anilines is 4. The number of amides is 3. The van der Waals surface area contributed by atoms with Gasteiger partial charge in [0.25, 0.3) is 0 Å². The molecule has 0 spiro atoms. The summed E-state index contributed by atoms with van der Waals surface area (Å²) in [5.41, 5.74) is 3.58. The molecule has 4 aliphatic rings. The van der Waals surface area contributed by atoms with Crippen molar-refractivity contribution in [1.82, 2.24) is 35.1 Å². The van der Waals surface area contributed by atoms with Crippen LogP contribution in [0.1, 0.15) is 113 Å². The molecule has 4 fully saturated rings. The fourth-order valence-corrected chi connectivity index (χ4v) is 12.6. The molecular formula is C53H65FN10O5S2. The molecule has 3 N–H and O–H groups in total. The summed E-state index contributed by atoms with van der Waals surface area (Å²) in [5.74, 6) is 1.09. The minimum atomic E-state index is -3.72. The zero-order chi connectivity index (χ0) is 49.9. The van der Waals surface area contributed by atoms with Crippen LogP contribution in [0.15, 0.2) is 73.1 Å². The number of benzene rings is 2. The van der Waals surface area contributed by atoms with Gasteiger partial charge in [-0.05, 0) is 124 Å². The normalized spacial score (nSPS) is 19.2. The molecular weight excluding hydrogens is 940 g/mol. The van der Waals surface area contributed by atoms with Crippen molar-refractivity contribution in [3.63, 3.8) is 0 Å². The van der Waals surface area contributed by atoms with Crippen LogP contribution in [0.2, 0.25) is 0 Å². The van der Waals surface area contributed by atoms with Gasteiger partial charge in [-0.1, -0.05) is 52.0 Å². The summed E-state index contributed by atoms with van der Waals surface area (Å²) in [6.45, 7) is 14.3. The summed E-state index contributed by atoms with van der Waals surface area (Å²) in [6, 6.07) is 18.7. The molecule has 0 bridgehead atoms. The number of halogens is 1. The van der Waals surface area contributed by atoms with Crippen molar-refractivity contribution < 1.29 is 27.2 Å². The van der Waals surface area contributed by atoms with Gasteiger partial charge in [0.1, 0.15) is 5.82 Å². The van der Waals surface area contributed by atoms with Crippen molar-refractivity contribution >= 4 is 62.2 Å². The molecule has 7 heterocycles. The number of nitrogens with zero attached hydrogens (tertiary/aromatic N) is 7. The Bertz CT molecular complexity index is 2810. The second kappa shape index (κ2) is 21.5. The van der Waals surface area contributed by atoms with Crippen LogP contribution >= 0.6 is 11.3 Å². The minimum Gasteiger partial charge on any atom is -0.357 e. The SMILES string of the molecule is CCCS(=O)(=O)Nc1cccc(-c2nc(C(C)(C)C)sc2-c2ccnc(Nc3ccc(C4CCN(C(=O)C5CCN(CC6CCN(c7ccc([C@H]8CCC(=O)NC8=O)cn7)CC6)CC5)CC4)cc3)n2)c1F. The van der Waals surface area contributed by atoms with E-state index in [2.05, 4.69) is 47.2 Å². The van der Waals surface area contributed by atoms with Crippen LogP contribution in [0.4, 0.5) is 27.5 Å². The van der Waals surface area contributed by atoms with E-state index in [4.69, 9.17) is 15.0 Å². The Balaban J connectivity index is 0.738. The summed E-state index contributed by atoms with van der Waals surface area (Å²) in [6.07, 6.45) is 10.6. The number of rotatable bonds is 14. The summed E-state index contributed by atoms with van der Waals surface area (Å²) >= 11 is 1.43. The van der Waals surface area contributed by atoms with Crippen molar-refractivity contribution in [2.24, 2.45) is 11.8 Å². The van der Waals surface area contributed by atoms with Crippen molar-refractivity contribution in [3.8, 4) is 21.8 Å². The zero-order valence-corrected chi connectivity index (χ0v) is 42.8. The van der Waals surface area contributed by atoms with E-state index in [1.807, 2.05) is 45.0 Å². The number of hydrogen-bond donors (Lipinski definition) is 3. The first-order valence-electron chi connectivity index (χ1n) is 25.2. The van der Waals surface area contributed by atoms with Crippen LogP contribution in [0.5, 0.6) is 0 Å². The van der Waals surface area contributed by atoms with Gasteiger partial charge in [0, 0.05) is 74.1 Å². The van der Waals surface area contributed by atoms with E-state index in [9.17, 15) is 22.8 Å². The third-order valence-corrected chi connectivity index (χ3v) is 17.4. The monoisotopic (exact) mass is 1000 g/mol. The fraction of sp³-hybridized carbons (Fsp3) is 0.491. The van der Waals surface area contributed by atoms with Gasteiger partial charge in [0.05, 0.1) is 38.6 Å². The van der Waals surface area contributed by atoms with Crippen molar-refractivity contribution in [2.45, 2.75) is 103 Å². The van der Waals surface area contributed by atoms with Gasteiger partial charge in [0.15, 0.2) is 5.82 Å². The zero-order valence-electron chi connectivity index (χ0n) is 41.1. The molecule has 376 valence electrons. The topological polar surface area (TPSA) is 183 Å². The lowest BCUT2D eigenvalue weighted by molar-refractivity contribution is -0.138. The Kier molecular flexibility index (Phi) is 15.2. The fourth-order valence-electron chi connectivity index (χ4n) is 10.4.